The minimum absolute atomic E-state index is 0.0964. The van der Waals surface area contributed by atoms with Crippen LogP contribution in [0.2, 0.25) is 0 Å². The first-order valence-electron chi connectivity index (χ1n) is 7.55. The second-order valence-corrected chi connectivity index (χ2v) is 5.99. The first-order chi connectivity index (χ1) is 11.1. The van der Waals surface area contributed by atoms with Crippen LogP contribution >= 0.6 is 0 Å². The number of carbonyl (C=O) groups is 1. The number of imidazole rings is 1. The molecule has 3 rings (SSSR count). The number of nitrogens with zero attached hydrogens (tertiary/aromatic N) is 4. The lowest BCUT2D eigenvalue weighted by atomic mass is 9.96. The van der Waals surface area contributed by atoms with E-state index in [-0.39, 0.29) is 25.1 Å². The maximum Gasteiger partial charge on any atom is 0.270 e. The normalized spacial score (nSPS) is 25.6. The number of morpholine rings is 1. The highest BCUT2D eigenvalue weighted by Crippen LogP contribution is 2.21. The molecule has 0 aliphatic carbocycles. The lowest BCUT2D eigenvalue weighted by molar-refractivity contribution is -0.105. The molecule has 1 fully saturated rings. The molecule has 0 spiro atoms. The molecule has 2 atom stereocenters. The monoisotopic (exact) mass is 319 g/mol. The second-order valence-electron chi connectivity index (χ2n) is 5.99. The predicted octanol–water partition coefficient (Wildman–Crippen LogP) is -0.459. The fourth-order valence-corrected chi connectivity index (χ4v) is 2.76. The van der Waals surface area contributed by atoms with E-state index in [1.165, 1.54) is 0 Å². The van der Waals surface area contributed by atoms with E-state index in [9.17, 15) is 9.90 Å². The number of hydrogen-bond donors (Lipinski definition) is 2. The molecular formula is C15H21N5O3. The van der Waals surface area contributed by atoms with Gasteiger partial charge in [0.2, 0.25) is 5.78 Å². The average Bonchev–Trinajstić information content (AvgIpc) is 3.04. The number of rotatable bonds is 4. The van der Waals surface area contributed by atoms with Gasteiger partial charge >= 0.3 is 0 Å². The zero-order valence-electron chi connectivity index (χ0n) is 13.3. The Hall–Kier alpha value is -2.03. The number of carbonyl (C=O) groups excluding carboxylic acids is 1. The zero-order chi connectivity index (χ0) is 16.4. The summed E-state index contributed by atoms with van der Waals surface area (Å²) in [5, 5.41) is 12.7. The Morgan fingerprint density at radius 2 is 2.39 bits per heavy atom. The molecular weight excluding hydrogens is 298 g/mol. The van der Waals surface area contributed by atoms with Crippen LogP contribution in [0.1, 0.15) is 17.4 Å². The minimum atomic E-state index is -0.620. The number of fused-ring (bicyclic) bond motifs is 1. The Kier molecular flexibility index (Phi) is 4.29. The molecule has 8 nitrogen and oxygen atoms in total. The van der Waals surface area contributed by atoms with Crippen LogP contribution in [0.15, 0.2) is 24.7 Å². The lowest BCUT2D eigenvalue weighted by Crippen LogP contribution is -2.65. The summed E-state index contributed by atoms with van der Waals surface area (Å²) in [5.41, 5.74) is -0.325. The summed E-state index contributed by atoms with van der Waals surface area (Å²) < 4.78 is 7.29. The zero-order valence-corrected chi connectivity index (χ0v) is 13.3. The molecule has 2 N–H and O–H groups in total. The van der Waals surface area contributed by atoms with Crippen LogP contribution in [0, 0.1) is 0 Å². The molecule has 0 aromatic carbocycles. The number of aliphatic hydroxyl groups excluding tert-OH is 1. The van der Waals surface area contributed by atoms with Gasteiger partial charge in [-0.05, 0) is 20.0 Å². The second kappa shape index (κ2) is 6.23. The number of likely N-dealkylation sites (N-methyl/N-ethyl adjacent to an activating group) is 1. The summed E-state index contributed by atoms with van der Waals surface area (Å²) in [4.78, 5) is 22.7. The van der Waals surface area contributed by atoms with Gasteiger partial charge in [0.25, 0.3) is 5.91 Å². The van der Waals surface area contributed by atoms with E-state index < -0.39 is 5.54 Å². The molecule has 1 aliphatic rings. The molecule has 2 aromatic heterocycles. The number of nitrogens with one attached hydrogen (secondary N) is 1. The van der Waals surface area contributed by atoms with Crippen molar-refractivity contribution in [3.63, 3.8) is 0 Å². The van der Waals surface area contributed by atoms with Gasteiger partial charge in [-0.2, -0.15) is 0 Å². The molecule has 124 valence electrons. The molecule has 0 saturated carbocycles. The molecule has 1 saturated heterocycles. The quantitative estimate of drug-likeness (QED) is 0.792. The third-order valence-electron chi connectivity index (χ3n) is 4.51. The van der Waals surface area contributed by atoms with Crippen LogP contribution in [-0.2, 0) is 4.74 Å². The van der Waals surface area contributed by atoms with Gasteiger partial charge in [0.15, 0.2) is 0 Å². The van der Waals surface area contributed by atoms with Gasteiger partial charge in [0.1, 0.15) is 5.69 Å². The molecule has 2 aromatic rings. The molecule has 8 heteroatoms. The van der Waals surface area contributed by atoms with Crippen LogP contribution < -0.4 is 5.32 Å². The van der Waals surface area contributed by atoms with Crippen LogP contribution in [0.3, 0.4) is 0 Å². The van der Waals surface area contributed by atoms with Crippen molar-refractivity contribution in [1.29, 1.82) is 0 Å². The van der Waals surface area contributed by atoms with E-state index in [0.29, 0.717) is 24.7 Å². The first-order valence-corrected chi connectivity index (χ1v) is 7.55. The van der Waals surface area contributed by atoms with Gasteiger partial charge in [0, 0.05) is 31.2 Å². The summed E-state index contributed by atoms with van der Waals surface area (Å²) in [6.07, 6.45) is 5.13. The summed E-state index contributed by atoms with van der Waals surface area (Å²) in [7, 11) is 1.93. The highest BCUT2D eigenvalue weighted by atomic mass is 16.5. The Morgan fingerprint density at radius 3 is 3.17 bits per heavy atom. The van der Waals surface area contributed by atoms with Gasteiger partial charge in [-0.1, -0.05) is 0 Å². The largest absolute Gasteiger partial charge is 0.394 e. The Labute approximate surface area is 134 Å². The van der Waals surface area contributed by atoms with Gasteiger partial charge in [-0.3, -0.25) is 14.1 Å². The number of hydrogen-bond acceptors (Lipinski definition) is 6. The van der Waals surface area contributed by atoms with Crippen LogP contribution in [0.25, 0.3) is 5.78 Å². The topological polar surface area (TPSA) is 92.0 Å². The summed E-state index contributed by atoms with van der Waals surface area (Å²) >= 11 is 0. The lowest BCUT2D eigenvalue weighted by Gasteiger charge is -2.47. The summed E-state index contributed by atoms with van der Waals surface area (Å²) in [5.74, 6) is 0.177. The van der Waals surface area contributed by atoms with Crippen LogP contribution in [-0.4, -0.2) is 75.3 Å². The molecule has 1 aliphatic heterocycles. The van der Waals surface area contributed by atoms with Gasteiger partial charge < -0.3 is 15.2 Å². The van der Waals surface area contributed by atoms with E-state index in [4.69, 9.17) is 4.74 Å². The highest BCUT2D eigenvalue weighted by Gasteiger charge is 2.40. The Balaban J connectivity index is 1.71. The summed E-state index contributed by atoms with van der Waals surface area (Å²) in [6, 6.07) is 1.81. The van der Waals surface area contributed by atoms with Crippen molar-refractivity contribution in [3.05, 3.63) is 30.4 Å². The van der Waals surface area contributed by atoms with E-state index in [1.54, 1.807) is 29.1 Å². The smallest absolute Gasteiger partial charge is 0.270 e. The van der Waals surface area contributed by atoms with Crippen molar-refractivity contribution in [1.82, 2.24) is 24.6 Å². The van der Waals surface area contributed by atoms with Crippen molar-refractivity contribution in [2.45, 2.75) is 18.5 Å². The average molecular weight is 319 g/mol. The van der Waals surface area contributed by atoms with E-state index >= 15 is 0 Å². The number of amides is 1. The third-order valence-corrected chi connectivity index (χ3v) is 4.51. The number of aromatic nitrogens is 3. The number of ether oxygens (including phenoxy) is 1. The van der Waals surface area contributed by atoms with Gasteiger partial charge in [0.05, 0.1) is 25.4 Å². The van der Waals surface area contributed by atoms with Crippen molar-refractivity contribution in [2.24, 2.45) is 0 Å². The fraction of sp³-hybridized carbons (Fsp3) is 0.533. The Morgan fingerprint density at radius 1 is 1.57 bits per heavy atom. The van der Waals surface area contributed by atoms with Gasteiger partial charge in [-0.25, -0.2) is 9.97 Å². The predicted molar refractivity (Wildman–Crippen MR) is 83.2 cm³/mol. The Bertz CT molecular complexity index is 703. The van der Waals surface area contributed by atoms with Crippen molar-refractivity contribution in [3.8, 4) is 0 Å². The SMILES string of the molecule is C[C@@H]1COC[C@@](CO)(CNC(=O)c2ccn3ccnc3n2)N1C. The molecule has 0 radical (unpaired) electrons. The maximum atomic E-state index is 12.3. The highest BCUT2D eigenvalue weighted by molar-refractivity contribution is 5.92. The molecule has 0 unspecified atom stereocenters. The maximum absolute atomic E-state index is 12.3. The van der Waals surface area contributed by atoms with E-state index in [1.807, 2.05) is 14.0 Å². The molecule has 0 bridgehead atoms. The van der Waals surface area contributed by atoms with Gasteiger partial charge in [-0.15, -0.1) is 0 Å². The first kappa shape index (κ1) is 15.9. The van der Waals surface area contributed by atoms with Crippen molar-refractivity contribution in [2.75, 3.05) is 33.4 Å². The van der Waals surface area contributed by atoms with Crippen molar-refractivity contribution < 1.29 is 14.6 Å². The fourth-order valence-electron chi connectivity index (χ4n) is 2.76. The molecule has 3 heterocycles. The molecule has 23 heavy (non-hydrogen) atoms. The van der Waals surface area contributed by atoms with Crippen LogP contribution in [0.4, 0.5) is 0 Å². The third kappa shape index (κ3) is 2.92. The standard InChI is InChI=1S/C15H21N5O3/c1-11-7-23-10-15(9-21,19(11)2)8-17-13(22)12-3-5-20-6-4-16-14(20)18-12/h3-6,11,21H,7-10H2,1-2H3,(H,17,22)/t11-,15+/m1/s1. The summed E-state index contributed by atoms with van der Waals surface area (Å²) in [6.45, 7) is 3.20. The van der Waals surface area contributed by atoms with E-state index in [2.05, 4.69) is 20.2 Å². The number of aliphatic hydroxyl groups is 1. The van der Waals surface area contributed by atoms with E-state index in [0.717, 1.165) is 0 Å². The molecule has 1 amide bonds. The van der Waals surface area contributed by atoms with Crippen LogP contribution in [0.5, 0.6) is 0 Å². The minimum Gasteiger partial charge on any atom is -0.394 e. The van der Waals surface area contributed by atoms with Crippen molar-refractivity contribution >= 4 is 11.7 Å².